The predicted molar refractivity (Wildman–Crippen MR) is 46.6 cm³/mol. The van der Waals surface area contributed by atoms with Gasteiger partial charge in [0.05, 0.1) is 26.7 Å². The first-order valence-electron chi connectivity index (χ1n) is 4.84. The Kier molecular flexibility index (Phi) is 1.83. The van der Waals surface area contributed by atoms with Crippen LogP contribution in [0.4, 0.5) is 0 Å². The molecular weight excluding hydrogens is 152 g/mol. The van der Waals surface area contributed by atoms with E-state index < -0.39 is 0 Å². The Labute approximate surface area is 73.3 Å². The minimum absolute atomic E-state index is 0.257. The van der Waals surface area contributed by atoms with Crippen LogP contribution in [0.5, 0.6) is 0 Å². The van der Waals surface area contributed by atoms with Crippen molar-refractivity contribution < 1.29 is 9.28 Å². The van der Waals surface area contributed by atoms with Crippen molar-refractivity contribution in [2.24, 2.45) is 0 Å². The number of piperazine rings is 1. The summed E-state index contributed by atoms with van der Waals surface area (Å²) in [4.78, 5) is 11.5. The van der Waals surface area contributed by atoms with E-state index in [2.05, 4.69) is 12.4 Å². The Morgan fingerprint density at radius 1 is 1.42 bits per heavy atom. The van der Waals surface area contributed by atoms with Gasteiger partial charge < -0.3 is 9.80 Å². The molecule has 0 spiro atoms. The van der Waals surface area contributed by atoms with Crippen molar-refractivity contribution in [3.05, 3.63) is 0 Å². The maximum Gasteiger partial charge on any atom is 0.278 e. The van der Waals surface area contributed by atoms with Crippen LogP contribution in [0.1, 0.15) is 19.3 Å². The smallest absolute Gasteiger partial charge is 0.278 e. The Bertz CT molecular complexity index is 201. The van der Waals surface area contributed by atoms with Crippen LogP contribution >= 0.6 is 0 Å². The third-order valence-electron chi connectivity index (χ3n) is 3.37. The number of amides is 1. The second-order valence-corrected chi connectivity index (χ2v) is 4.23. The topological polar surface area (TPSA) is 29.1 Å². The zero-order valence-corrected chi connectivity index (χ0v) is 7.68. The van der Waals surface area contributed by atoms with Crippen LogP contribution in [0.15, 0.2) is 0 Å². The molecule has 0 aromatic rings. The molecule has 3 nitrogen and oxygen atoms in total. The van der Waals surface area contributed by atoms with Crippen LogP contribution in [-0.4, -0.2) is 43.1 Å². The van der Waals surface area contributed by atoms with Gasteiger partial charge in [-0.1, -0.05) is 0 Å². The van der Waals surface area contributed by atoms with Crippen molar-refractivity contribution in [1.82, 2.24) is 5.32 Å². The summed E-state index contributed by atoms with van der Waals surface area (Å²) in [6.07, 6.45) is 3.61. The summed E-state index contributed by atoms with van der Waals surface area (Å²) < 4.78 is 0.992. The molecule has 68 valence electrons. The van der Waals surface area contributed by atoms with Crippen molar-refractivity contribution in [2.45, 2.75) is 25.3 Å². The first kappa shape index (κ1) is 8.05. The van der Waals surface area contributed by atoms with E-state index in [4.69, 9.17) is 0 Å². The average Bonchev–Trinajstić information content (AvgIpc) is 2.04. The third kappa shape index (κ3) is 1.12. The SMILES string of the molecule is C[N@+]12CCCC[C@@H]1C(=O)NCC2. The van der Waals surface area contributed by atoms with Gasteiger partial charge in [-0.05, 0) is 12.8 Å². The Morgan fingerprint density at radius 2 is 2.25 bits per heavy atom. The second kappa shape index (κ2) is 2.73. The summed E-state index contributed by atoms with van der Waals surface area (Å²) in [6, 6.07) is 0.257. The van der Waals surface area contributed by atoms with E-state index in [-0.39, 0.29) is 11.9 Å². The van der Waals surface area contributed by atoms with Gasteiger partial charge in [-0.2, -0.15) is 0 Å². The molecular formula is C9H17N2O+. The maximum absolute atomic E-state index is 11.5. The molecule has 2 aliphatic rings. The average molecular weight is 169 g/mol. The number of carbonyl (C=O) groups is 1. The predicted octanol–water partition coefficient (Wildman–Crippen LogP) is 0.115. The van der Waals surface area contributed by atoms with Crippen LogP contribution in [0, 0.1) is 0 Å². The van der Waals surface area contributed by atoms with Crippen LogP contribution < -0.4 is 5.32 Å². The highest BCUT2D eigenvalue weighted by atomic mass is 16.2. The van der Waals surface area contributed by atoms with Gasteiger partial charge in [-0.25, -0.2) is 0 Å². The van der Waals surface area contributed by atoms with E-state index in [9.17, 15) is 4.79 Å². The molecule has 12 heavy (non-hydrogen) atoms. The third-order valence-corrected chi connectivity index (χ3v) is 3.37. The minimum atomic E-state index is 0.257. The molecule has 2 aliphatic heterocycles. The summed E-state index contributed by atoms with van der Waals surface area (Å²) >= 11 is 0. The lowest BCUT2D eigenvalue weighted by atomic mass is 9.96. The number of rotatable bonds is 0. The fraction of sp³-hybridized carbons (Fsp3) is 0.889. The van der Waals surface area contributed by atoms with Gasteiger partial charge in [0.2, 0.25) is 0 Å². The highest BCUT2D eigenvalue weighted by molar-refractivity contribution is 5.81. The van der Waals surface area contributed by atoms with E-state index in [0.29, 0.717) is 0 Å². The molecule has 2 fully saturated rings. The molecule has 0 aromatic carbocycles. The van der Waals surface area contributed by atoms with Gasteiger partial charge in [0.25, 0.3) is 5.91 Å². The number of carbonyl (C=O) groups excluding carboxylic acids is 1. The van der Waals surface area contributed by atoms with Gasteiger partial charge in [0.1, 0.15) is 0 Å². The van der Waals surface area contributed by atoms with E-state index in [0.717, 1.165) is 24.0 Å². The number of hydrogen-bond acceptors (Lipinski definition) is 1. The molecule has 0 aromatic heterocycles. The highest BCUT2D eigenvalue weighted by Crippen LogP contribution is 2.25. The quantitative estimate of drug-likeness (QED) is 0.513. The fourth-order valence-corrected chi connectivity index (χ4v) is 2.51. The van der Waals surface area contributed by atoms with E-state index in [1.54, 1.807) is 0 Å². The summed E-state index contributed by atoms with van der Waals surface area (Å²) in [7, 11) is 2.22. The standard InChI is InChI=1S/C9H16N2O/c1-11-6-3-2-4-8(11)9(12)10-5-7-11/h8H,2-7H2,1H3/p+1/t8-,11-/m1/s1. The van der Waals surface area contributed by atoms with Gasteiger partial charge in [-0.3, -0.25) is 4.79 Å². The lowest BCUT2D eigenvalue weighted by Gasteiger charge is -2.46. The van der Waals surface area contributed by atoms with Crippen LogP contribution in [0.2, 0.25) is 0 Å². The van der Waals surface area contributed by atoms with Gasteiger partial charge in [0.15, 0.2) is 6.04 Å². The van der Waals surface area contributed by atoms with Crippen molar-refractivity contribution in [3.63, 3.8) is 0 Å². The monoisotopic (exact) mass is 169 g/mol. The first-order valence-corrected chi connectivity index (χ1v) is 4.84. The molecule has 1 amide bonds. The van der Waals surface area contributed by atoms with E-state index >= 15 is 0 Å². The molecule has 0 unspecified atom stereocenters. The van der Waals surface area contributed by atoms with E-state index in [1.807, 2.05) is 0 Å². The molecule has 0 radical (unpaired) electrons. The number of piperidine rings is 1. The lowest BCUT2D eigenvalue weighted by molar-refractivity contribution is -0.930. The molecule has 3 heteroatoms. The normalized spacial score (nSPS) is 41.8. The maximum atomic E-state index is 11.5. The van der Waals surface area contributed by atoms with Crippen molar-refractivity contribution in [3.8, 4) is 0 Å². The molecule has 2 saturated heterocycles. The number of nitrogens with zero attached hydrogens (tertiary/aromatic N) is 1. The van der Waals surface area contributed by atoms with Crippen molar-refractivity contribution in [1.29, 1.82) is 0 Å². The van der Waals surface area contributed by atoms with Crippen molar-refractivity contribution in [2.75, 3.05) is 26.7 Å². The van der Waals surface area contributed by atoms with Gasteiger partial charge >= 0.3 is 0 Å². The van der Waals surface area contributed by atoms with Crippen LogP contribution in [-0.2, 0) is 4.79 Å². The summed E-state index contributed by atoms with van der Waals surface area (Å²) in [5, 5.41) is 2.95. The Balaban J connectivity index is 2.18. The molecule has 2 atom stereocenters. The number of nitrogens with one attached hydrogen (secondary N) is 1. The fourth-order valence-electron chi connectivity index (χ4n) is 2.51. The molecule has 2 rings (SSSR count). The van der Waals surface area contributed by atoms with Crippen LogP contribution in [0.25, 0.3) is 0 Å². The van der Waals surface area contributed by atoms with Gasteiger partial charge in [-0.15, -0.1) is 0 Å². The largest absolute Gasteiger partial charge is 0.345 e. The number of quaternary nitrogens is 1. The number of likely N-dealkylation sites (N-methyl/N-ethyl adjacent to an activating group) is 1. The molecule has 0 saturated carbocycles. The Hall–Kier alpha value is -0.570. The lowest BCUT2D eigenvalue weighted by Crippen LogP contribution is -2.66. The highest BCUT2D eigenvalue weighted by Gasteiger charge is 2.42. The number of hydrogen-bond donors (Lipinski definition) is 1. The summed E-state index contributed by atoms with van der Waals surface area (Å²) in [5.41, 5.74) is 0. The number of fused-ring (bicyclic) bond motifs is 1. The molecule has 1 N–H and O–H groups in total. The first-order chi connectivity index (χ1) is 5.72. The summed E-state index contributed by atoms with van der Waals surface area (Å²) in [5.74, 6) is 0.281. The molecule has 0 bridgehead atoms. The minimum Gasteiger partial charge on any atom is -0.345 e. The van der Waals surface area contributed by atoms with E-state index in [1.165, 1.54) is 19.4 Å². The second-order valence-electron chi connectivity index (χ2n) is 4.23. The molecule has 2 heterocycles. The van der Waals surface area contributed by atoms with Gasteiger partial charge in [0, 0.05) is 6.42 Å². The molecule has 0 aliphatic carbocycles. The zero-order valence-electron chi connectivity index (χ0n) is 7.68. The Morgan fingerprint density at radius 3 is 3.00 bits per heavy atom. The van der Waals surface area contributed by atoms with Crippen molar-refractivity contribution >= 4 is 5.91 Å². The zero-order chi connectivity index (χ0) is 8.60. The van der Waals surface area contributed by atoms with Crippen LogP contribution in [0.3, 0.4) is 0 Å². The summed E-state index contributed by atoms with van der Waals surface area (Å²) in [6.45, 7) is 3.18.